The molecule has 0 N–H and O–H groups in total. The van der Waals surface area contributed by atoms with E-state index in [4.69, 9.17) is 4.74 Å². The Balaban J connectivity index is 3.80. The summed E-state index contributed by atoms with van der Waals surface area (Å²) in [6.07, 6.45) is 3.96. The number of hydrogen-bond donors (Lipinski definition) is 0. The second kappa shape index (κ2) is 6.01. The minimum Gasteiger partial charge on any atom is -0.465 e. The van der Waals surface area contributed by atoms with Gasteiger partial charge in [0.25, 0.3) is 0 Å². The molecule has 0 heterocycles. The van der Waals surface area contributed by atoms with Gasteiger partial charge in [0.2, 0.25) is 0 Å². The maximum atomic E-state index is 11.5. The van der Waals surface area contributed by atoms with Gasteiger partial charge in [-0.2, -0.15) is 0 Å². The van der Waals surface area contributed by atoms with Crippen LogP contribution in [0.5, 0.6) is 0 Å². The average Bonchev–Trinajstić information content (AvgIpc) is 2.04. The molecule has 0 fully saturated rings. The molecule has 0 aromatic heterocycles. The van der Waals surface area contributed by atoms with E-state index in [-0.39, 0.29) is 11.4 Å². The summed E-state index contributed by atoms with van der Waals surface area (Å²) in [5, 5.41) is 0. The van der Waals surface area contributed by atoms with Gasteiger partial charge in [0.05, 0.1) is 12.0 Å². The zero-order valence-corrected chi connectivity index (χ0v) is 9.35. The molecule has 0 rings (SSSR count). The molecule has 0 amide bonds. The third-order valence-electron chi connectivity index (χ3n) is 2.16. The fourth-order valence-corrected chi connectivity index (χ4v) is 1.23. The standard InChI is InChI=1S/C11H22O2/c1-5-7-9-13-10(12)11(3,4)8-6-2/h5-9H2,1-4H3. The van der Waals surface area contributed by atoms with Crippen molar-refractivity contribution >= 4 is 5.97 Å². The van der Waals surface area contributed by atoms with Crippen molar-refractivity contribution < 1.29 is 9.53 Å². The summed E-state index contributed by atoms with van der Waals surface area (Å²) in [4.78, 5) is 11.5. The normalized spacial score (nSPS) is 11.4. The van der Waals surface area contributed by atoms with Crippen LogP contribution >= 0.6 is 0 Å². The lowest BCUT2D eigenvalue weighted by atomic mass is 9.88. The zero-order valence-electron chi connectivity index (χ0n) is 9.35. The van der Waals surface area contributed by atoms with E-state index in [1.54, 1.807) is 0 Å². The Morgan fingerprint density at radius 3 is 2.31 bits per heavy atom. The van der Waals surface area contributed by atoms with Gasteiger partial charge < -0.3 is 4.74 Å². The van der Waals surface area contributed by atoms with Gasteiger partial charge in [-0.15, -0.1) is 0 Å². The lowest BCUT2D eigenvalue weighted by molar-refractivity contribution is -0.154. The third kappa shape index (κ3) is 4.91. The van der Waals surface area contributed by atoms with Crippen LogP contribution in [0.1, 0.15) is 53.4 Å². The molecule has 0 aromatic rings. The highest BCUT2D eigenvalue weighted by Crippen LogP contribution is 2.23. The number of esters is 1. The summed E-state index contributed by atoms with van der Waals surface area (Å²) in [6.45, 7) is 8.64. The van der Waals surface area contributed by atoms with Crippen molar-refractivity contribution in [2.75, 3.05) is 6.61 Å². The molecule has 0 saturated heterocycles. The fraction of sp³-hybridized carbons (Fsp3) is 0.909. The van der Waals surface area contributed by atoms with Gasteiger partial charge in [0.15, 0.2) is 0 Å². The van der Waals surface area contributed by atoms with Crippen LogP contribution in [0.4, 0.5) is 0 Å². The highest BCUT2D eigenvalue weighted by molar-refractivity contribution is 5.75. The number of carbonyl (C=O) groups is 1. The zero-order chi connectivity index (χ0) is 10.3. The monoisotopic (exact) mass is 186 g/mol. The summed E-state index contributed by atoms with van der Waals surface area (Å²) < 4.78 is 5.16. The van der Waals surface area contributed by atoms with Gasteiger partial charge in [-0.3, -0.25) is 4.79 Å². The highest BCUT2D eigenvalue weighted by atomic mass is 16.5. The molecular formula is C11H22O2. The fourth-order valence-electron chi connectivity index (χ4n) is 1.23. The summed E-state index contributed by atoms with van der Waals surface area (Å²) in [5.41, 5.74) is -0.303. The number of unbranched alkanes of at least 4 members (excludes halogenated alkanes) is 1. The second-order valence-corrected chi connectivity index (χ2v) is 4.12. The average molecular weight is 186 g/mol. The van der Waals surface area contributed by atoms with Crippen LogP contribution in [0.25, 0.3) is 0 Å². The predicted octanol–water partition coefficient (Wildman–Crippen LogP) is 3.16. The van der Waals surface area contributed by atoms with Crippen LogP contribution in [-0.2, 0) is 9.53 Å². The molecule has 0 aliphatic rings. The first kappa shape index (κ1) is 12.5. The van der Waals surface area contributed by atoms with Crippen LogP contribution < -0.4 is 0 Å². The molecule has 0 atom stereocenters. The molecule has 13 heavy (non-hydrogen) atoms. The molecule has 2 nitrogen and oxygen atoms in total. The maximum Gasteiger partial charge on any atom is 0.311 e. The number of rotatable bonds is 6. The van der Waals surface area contributed by atoms with Crippen LogP contribution in [0.2, 0.25) is 0 Å². The van der Waals surface area contributed by atoms with E-state index < -0.39 is 0 Å². The minimum atomic E-state index is -0.303. The molecule has 78 valence electrons. The molecule has 0 unspecified atom stereocenters. The predicted molar refractivity (Wildman–Crippen MR) is 54.6 cm³/mol. The lowest BCUT2D eigenvalue weighted by Crippen LogP contribution is -2.26. The van der Waals surface area contributed by atoms with Crippen LogP contribution in [0.15, 0.2) is 0 Å². The van der Waals surface area contributed by atoms with Gasteiger partial charge in [-0.25, -0.2) is 0 Å². The van der Waals surface area contributed by atoms with Crippen molar-refractivity contribution in [3.63, 3.8) is 0 Å². The van der Waals surface area contributed by atoms with Crippen molar-refractivity contribution in [2.45, 2.75) is 53.4 Å². The van der Waals surface area contributed by atoms with Gasteiger partial charge in [0.1, 0.15) is 0 Å². The van der Waals surface area contributed by atoms with Crippen molar-refractivity contribution in [1.82, 2.24) is 0 Å². The smallest absolute Gasteiger partial charge is 0.311 e. The first-order valence-corrected chi connectivity index (χ1v) is 5.21. The molecule has 0 aromatic carbocycles. The first-order chi connectivity index (χ1) is 6.04. The Labute approximate surface area is 81.7 Å². The van der Waals surface area contributed by atoms with E-state index in [1.165, 1.54) is 0 Å². The number of hydrogen-bond acceptors (Lipinski definition) is 2. The van der Waals surface area contributed by atoms with Crippen LogP contribution in [0.3, 0.4) is 0 Å². The van der Waals surface area contributed by atoms with Crippen LogP contribution in [0, 0.1) is 5.41 Å². The summed E-state index contributed by atoms with van der Waals surface area (Å²) in [7, 11) is 0. The quantitative estimate of drug-likeness (QED) is 0.470. The largest absolute Gasteiger partial charge is 0.465 e. The van der Waals surface area contributed by atoms with Crippen molar-refractivity contribution in [2.24, 2.45) is 5.41 Å². The van der Waals surface area contributed by atoms with E-state index in [0.717, 1.165) is 25.7 Å². The molecule has 0 bridgehead atoms. The van der Waals surface area contributed by atoms with E-state index >= 15 is 0 Å². The lowest BCUT2D eigenvalue weighted by Gasteiger charge is -2.21. The van der Waals surface area contributed by atoms with Gasteiger partial charge in [-0.05, 0) is 26.7 Å². The Bertz CT molecular complexity index is 150. The van der Waals surface area contributed by atoms with Gasteiger partial charge in [-0.1, -0.05) is 26.7 Å². The van der Waals surface area contributed by atoms with E-state index in [0.29, 0.717) is 6.61 Å². The van der Waals surface area contributed by atoms with Crippen molar-refractivity contribution in [1.29, 1.82) is 0 Å². The Kier molecular flexibility index (Phi) is 5.76. The summed E-state index contributed by atoms with van der Waals surface area (Å²) in [5.74, 6) is -0.0530. The third-order valence-corrected chi connectivity index (χ3v) is 2.16. The Morgan fingerprint density at radius 1 is 1.23 bits per heavy atom. The molecule has 0 radical (unpaired) electrons. The number of ether oxygens (including phenoxy) is 1. The molecule has 0 spiro atoms. The molecule has 2 heteroatoms. The van der Waals surface area contributed by atoms with Crippen molar-refractivity contribution in [3.05, 3.63) is 0 Å². The van der Waals surface area contributed by atoms with E-state index in [9.17, 15) is 4.79 Å². The number of carbonyl (C=O) groups excluding carboxylic acids is 1. The molecular weight excluding hydrogens is 164 g/mol. The minimum absolute atomic E-state index is 0.0530. The van der Waals surface area contributed by atoms with E-state index in [1.807, 2.05) is 13.8 Å². The molecule has 0 aliphatic carbocycles. The Hall–Kier alpha value is -0.530. The molecule has 0 aliphatic heterocycles. The Morgan fingerprint density at radius 2 is 1.85 bits per heavy atom. The molecule has 0 saturated carbocycles. The second-order valence-electron chi connectivity index (χ2n) is 4.12. The van der Waals surface area contributed by atoms with Crippen molar-refractivity contribution in [3.8, 4) is 0 Å². The SMILES string of the molecule is CCCCOC(=O)C(C)(C)CCC. The maximum absolute atomic E-state index is 11.5. The van der Waals surface area contributed by atoms with Gasteiger partial charge >= 0.3 is 5.97 Å². The topological polar surface area (TPSA) is 26.3 Å². The van der Waals surface area contributed by atoms with Crippen LogP contribution in [-0.4, -0.2) is 12.6 Å². The first-order valence-electron chi connectivity index (χ1n) is 5.21. The summed E-state index contributed by atoms with van der Waals surface area (Å²) >= 11 is 0. The van der Waals surface area contributed by atoms with Gasteiger partial charge in [0, 0.05) is 0 Å². The summed E-state index contributed by atoms with van der Waals surface area (Å²) in [6, 6.07) is 0. The highest BCUT2D eigenvalue weighted by Gasteiger charge is 2.27. The van der Waals surface area contributed by atoms with E-state index in [2.05, 4.69) is 13.8 Å².